The highest BCUT2D eigenvalue weighted by atomic mass is 16.7. The van der Waals surface area contributed by atoms with E-state index in [2.05, 4.69) is 5.32 Å². The molecule has 31 heavy (non-hydrogen) atoms. The fraction of sp³-hybridized carbons (Fsp3) is 0.167. The third-order valence-electron chi connectivity index (χ3n) is 4.63. The van der Waals surface area contributed by atoms with Crippen LogP contribution in [-0.4, -0.2) is 24.8 Å². The summed E-state index contributed by atoms with van der Waals surface area (Å²) >= 11 is 0. The highest BCUT2D eigenvalue weighted by molar-refractivity contribution is 5.92. The SMILES string of the molecule is C[C@H](OC(=O)c1ccc(Oc2ccccc2)cc1)C(=O)NCc1ccc2c(c1)OCO2. The maximum absolute atomic E-state index is 12.4. The number of hydrogen-bond acceptors (Lipinski definition) is 6. The van der Waals surface area contributed by atoms with Crippen molar-refractivity contribution in [1.82, 2.24) is 5.32 Å². The molecule has 0 unspecified atom stereocenters. The molecule has 3 aromatic rings. The normalized spacial score (nSPS) is 12.7. The van der Waals surface area contributed by atoms with E-state index in [4.69, 9.17) is 18.9 Å². The Bertz CT molecular complexity index is 1070. The van der Waals surface area contributed by atoms with Crippen LogP contribution in [0.5, 0.6) is 23.0 Å². The Balaban J connectivity index is 1.28. The van der Waals surface area contributed by atoms with Gasteiger partial charge in [0.1, 0.15) is 11.5 Å². The van der Waals surface area contributed by atoms with Gasteiger partial charge in [-0.1, -0.05) is 24.3 Å². The molecular weight excluding hydrogens is 398 g/mol. The van der Waals surface area contributed by atoms with Crippen molar-refractivity contribution in [1.29, 1.82) is 0 Å². The van der Waals surface area contributed by atoms with Crippen molar-refractivity contribution in [3.63, 3.8) is 0 Å². The smallest absolute Gasteiger partial charge is 0.338 e. The average molecular weight is 419 g/mol. The minimum absolute atomic E-state index is 0.192. The van der Waals surface area contributed by atoms with Crippen LogP contribution in [0, 0.1) is 0 Å². The van der Waals surface area contributed by atoms with Gasteiger partial charge in [-0.3, -0.25) is 4.79 Å². The lowest BCUT2D eigenvalue weighted by molar-refractivity contribution is -0.129. The zero-order valence-corrected chi connectivity index (χ0v) is 16.9. The van der Waals surface area contributed by atoms with E-state index in [0.717, 1.165) is 5.56 Å². The molecule has 0 saturated carbocycles. The molecule has 0 saturated heterocycles. The average Bonchev–Trinajstić information content (AvgIpc) is 3.26. The molecule has 1 aliphatic rings. The molecule has 1 heterocycles. The molecule has 0 spiro atoms. The topological polar surface area (TPSA) is 83.1 Å². The molecule has 0 radical (unpaired) electrons. The Morgan fingerprint density at radius 1 is 0.935 bits per heavy atom. The number of esters is 1. The van der Waals surface area contributed by atoms with Crippen LogP contribution in [0.25, 0.3) is 0 Å². The molecule has 3 aromatic carbocycles. The summed E-state index contributed by atoms with van der Waals surface area (Å²) < 4.78 is 21.6. The lowest BCUT2D eigenvalue weighted by Gasteiger charge is -2.14. The Labute approximate surface area is 179 Å². The first-order valence-electron chi connectivity index (χ1n) is 9.79. The molecule has 0 fully saturated rings. The van der Waals surface area contributed by atoms with Crippen molar-refractivity contribution in [3.8, 4) is 23.0 Å². The third-order valence-corrected chi connectivity index (χ3v) is 4.63. The van der Waals surface area contributed by atoms with Crippen molar-refractivity contribution in [2.45, 2.75) is 19.6 Å². The van der Waals surface area contributed by atoms with Gasteiger partial charge in [0, 0.05) is 6.54 Å². The molecule has 158 valence electrons. The van der Waals surface area contributed by atoms with Crippen molar-refractivity contribution in [2.75, 3.05) is 6.79 Å². The molecule has 7 nitrogen and oxygen atoms in total. The number of hydrogen-bond donors (Lipinski definition) is 1. The fourth-order valence-electron chi connectivity index (χ4n) is 2.95. The third kappa shape index (κ3) is 5.14. The van der Waals surface area contributed by atoms with Gasteiger partial charge >= 0.3 is 5.97 Å². The van der Waals surface area contributed by atoms with E-state index in [1.165, 1.54) is 6.92 Å². The first kappa shape index (κ1) is 20.3. The van der Waals surface area contributed by atoms with Gasteiger partial charge in [0.15, 0.2) is 17.6 Å². The summed E-state index contributed by atoms with van der Waals surface area (Å²) in [5, 5.41) is 2.75. The summed E-state index contributed by atoms with van der Waals surface area (Å²) in [5.74, 6) is 1.64. The second-order valence-electron chi connectivity index (χ2n) is 6.89. The fourth-order valence-corrected chi connectivity index (χ4v) is 2.95. The monoisotopic (exact) mass is 419 g/mol. The second-order valence-corrected chi connectivity index (χ2v) is 6.89. The molecule has 1 atom stereocenters. The quantitative estimate of drug-likeness (QED) is 0.582. The predicted octanol–water partition coefficient (Wildman–Crippen LogP) is 4.07. The van der Waals surface area contributed by atoms with E-state index in [9.17, 15) is 9.59 Å². The summed E-state index contributed by atoms with van der Waals surface area (Å²) in [7, 11) is 0. The Kier molecular flexibility index (Phi) is 6.03. The molecule has 0 bridgehead atoms. The standard InChI is InChI=1S/C24H21NO6/c1-16(23(26)25-14-17-7-12-21-22(13-17)29-15-28-21)30-24(27)18-8-10-20(11-9-18)31-19-5-3-2-4-6-19/h2-13,16H,14-15H2,1H3,(H,25,26)/t16-/m0/s1. The molecule has 7 heteroatoms. The lowest BCUT2D eigenvalue weighted by atomic mass is 10.2. The zero-order chi connectivity index (χ0) is 21.6. The minimum Gasteiger partial charge on any atom is -0.457 e. The molecule has 0 aliphatic carbocycles. The van der Waals surface area contributed by atoms with Crippen LogP contribution in [0.4, 0.5) is 0 Å². The number of carbonyl (C=O) groups is 2. The number of carbonyl (C=O) groups excluding carboxylic acids is 2. The maximum Gasteiger partial charge on any atom is 0.338 e. The summed E-state index contributed by atoms with van der Waals surface area (Å²) in [4.78, 5) is 24.7. The van der Waals surface area contributed by atoms with E-state index in [0.29, 0.717) is 28.6 Å². The van der Waals surface area contributed by atoms with Crippen molar-refractivity contribution in [2.24, 2.45) is 0 Å². The van der Waals surface area contributed by atoms with Gasteiger partial charge in [0.05, 0.1) is 5.56 Å². The number of benzene rings is 3. The lowest BCUT2D eigenvalue weighted by Crippen LogP contribution is -2.35. The zero-order valence-electron chi connectivity index (χ0n) is 16.9. The van der Waals surface area contributed by atoms with E-state index < -0.39 is 18.0 Å². The summed E-state index contributed by atoms with van der Waals surface area (Å²) in [6.45, 7) is 2.00. The Hall–Kier alpha value is -4.00. The van der Waals surface area contributed by atoms with Crippen LogP contribution in [0.3, 0.4) is 0 Å². The van der Waals surface area contributed by atoms with Crippen molar-refractivity contribution >= 4 is 11.9 Å². The molecular formula is C24H21NO6. The van der Waals surface area contributed by atoms with Gasteiger partial charge in [-0.2, -0.15) is 0 Å². The van der Waals surface area contributed by atoms with E-state index >= 15 is 0 Å². The minimum atomic E-state index is -0.943. The summed E-state index contributed by atoms with van der Waals surface area (Å²) in [6, 6.07) is 21.3. The maximum atomic E-state index is 12.4. The highest BCUT2D eigenvalue weighted by Crippen LogP contribution is 2.32. The van der Waals surface area contributed by atoms with Gasteiger partial charge in [-0.15, -0.1) is 0 Å². The molecule has 1 N–H and O–H groups in total. The van der Waals surface area contributed by atoms with Crippen LogP contribution in [0.15, 0.2) is 72.8 Å². The summed E-state index contributed by atoms with van der Waals surface area (Å²) in [6.07, 6.45) is -0.943. The number of amides is 1. The molecule has 4 rings (SSSR count). The Morgan fingerprint density at radius 3 is 2.42 bits per heavy atom. The number of fused-ring (bicyclic) bond motifs is 1. The predicted molar refractivity (Wildman–Crippen MR) is 112 cm³/mol. The van der Waals surface area contributed by atoms with Crippen LogP contribution in [-0.2, 0) is 16.1 Å². The van der Waals surface area contributed by atoms with E-state index in [-0.39, 0.29) is 13.3 Å². The van der Waals surface area contributed by atoms with Crippen LogP contribution in [0.1, 0.15) is 22.8 Å². The van der Waals surface area contributed by atoms with Gasteiger partial charge in [0.2, 0.25) is 6.79 Å². The molecule has 0 aromatic heterocycles. The van der Waals surface area contributed by atoms with Crippen LogP contribution >= 0.6 is 0 Å². The number of ether oxygens (including phenoxy) is 4. The number of nitrogens with one attached hydrogen (secondary N) is 1. The number of rotatable bonds is 7. The van der Waals surface area contributed by atoms with E-state index in [1.54, 1.807) is 36.4 Å². The Morgan fingerprint density at radius 2 is 1.65 bits per heavy atom. The number of para-hydroxylation sites is 1. The molecule has 1 aliphatic heterocycles. The second kappa shape index (κ2) is 9.21. The van der Waals surface area contributed by atoms with Crippen LogP contribution < -0.4 is 19.5 Å². The van der Waals surface area contributed by atoms with Gasteiger partial charge < -0.3 is 24.3 Å². The first-order valence-corrected chi connectivity index (χ1v) is 9.79. The largest absolute Gasteiger partial charge is 0.457 e. The van der Waals surface area contributed by atoms with Crippen LogP contribution in [0.2, 0.25) is 0 Å². The first-order chi connectivity index (χ1) is 15.1. The highest BCUT2D eigenvalue weighted by Gasteiger charge is 2.19. The van der Waals surface area contributed by atoms with Crippen molar-refractivity contribution in [3.05, 3.63) is 83.9 Å². The molecule has 1 amide bonds. The van der Waals surface area contributed by atoms with Crippen molar-refractivity contribution < 1.29 is 28.5 Å². The van der Waals surface area contributed by atoms with E-state index in [1.807, 2.05) is 36.4 Å². The summed E-state index contributed by atoms with van der Waals surface area (Å²) in [5.41, 5.74) is 1.18. The van der Waals surface area contributed by atoms with Gasteiger partial charge in [0.25, 0.3) is 5.91 Å². The van der Waals surface area contributed by atoms with Gasteiger partial charge in [-0.05, 0) is 61.0 Å². The van der Waals surface area contributed by atoms with Gasteiger partial charge in [-0.25, -0.2) is 4.79 Å².